The molecular weight excluding hydrogens is 274 g/mol. The van der Waals surface area contributed by atoms with Crippen molar-refractivity contribution in [1.82, 2.24) is 5.32 Å². The van der Waals surface area contributed by atoms with Gasteiger partial charge in [-0.1, -0.05) is 42.0 Å². The Balaban J connectivity index is 1.85. The van der Waals surface area contributed by atoms with Gasteiger partial charge in [0, 0.05) is 18.5 Å². The molecule has 0 amide bonds. The third kappa shape index (κ3) is 2.95. The van der Waals surface area contributed by atoms with Crippen molar-refractivity contribution >= 4 is 11.0 Å². The van der Waals surface area contributed by atoms with E-state index in [0.29, 0.717) is 17.7 Å². The van der Waals surface area contributed by atoms with Gasteiger partial charge in [-0.3, -0.25) is 0 Å². The van der Waals surface area contributed by atoms with E-state index in [1.54, 1.807) is 0 Å². The molecule has 1 aromatic heterocycles. The molecule has 1 N–H and O–H groups in total. The zero-order valence-corrected chi connectivity index (χ0v) is 12.8. The van der Waals surface area contributed by atoms with Crippen molar-refractivity contribution in [2.45, 2.75) is 26.9 Å². The summed E-state index contributed by atoms with van der Waals surface area (Å²) in [6, 6.07) is 16.0. The molecule has 3 heteroatoms. The molecule has 22 heavy (non-hydrogen) atoms. The van der Waals surface area contributed by atoms with E-state index in [-0.39, 0.29) is 5.63 Å². The van der Waals surface area contributed by atoms with Crippen LogP contribution in [0.4, 0.5) is 0 Å². The fraction of sp³-hybridized carbons (Fsp3) is 0.211. The number of hydrogen-bond donors (Lipinski definition) is 1. The Labute approximate surface area is 129 Å². The first-order valence-electron chi connectivity index (χ1n) is 7.43. The largest absolute Gasteiger partial charge is 0.422 e. The number of hydrogen-bond acceptors (Lipinski definition) is 3. The lowest BCUT2D eigenvalue weighted by Gasteiger charge is -2.09. The van der Waals surface area contributed by atoms with Crippen molar-refractivity contribution in [1.29, 1.82) is 0 Å². The molecule has 3 nitrogen and oxygen atoms in total. The number of aryl methyl sites for hydroxylation is 2. The van der Waals surface area contributed by atoms with Crippen LogP contribution in [0.2, 0.25) is 0 Å². The SMILES string of the molecule is Cc1ccc2oc(=O)c(CNCc3ccccc3)c(C)c2c1. The number of benzene rings is 2. The predicted molar refractivity (Wildman–Crippen MR) is 88.9 cm³/mol. The van der Waals surface area contributed by atoms with E-state index in [0.717, 1.165) is 23.1 Å². The molecule has 0 saturated heterocycles. The predicted octanol–water partition coefficient (Wildman–Crippen LogP) is 3.70. The Morgan fingerprint density at radius 3 is 2.55 bits per heavy atom. The first kappa shape index (κ1) is 14.5. The summed E-state index contributed by atoms with van der Waals surface area (Å²) >= 11 is 0. The average molecular weight is 293 g/mol. The van der Waals surface area contributed by atoms with Gasteiger partial charge >= 0.3 is 5.63 Å². The maximum Gasteiger partial charge on any atom is 0.341 e. The summed E-state index contributed by atoms with van der Waals surface area (Å²) < 4.78 is 5.44. The van der Waals surface area contributed by atoms with Crippen molar-refractivity contribution < 1.29 is 4.42 Å². The highest BCUT2D eigenvalue weighted by Crippen LogP contribution is 2.20. The third-order valence-electron chi connectivity index (χ3n) is 3.91. The van der Waals surface area contributed by atoms with Gasteiger partial charge in [0.05, 0.1) is 5.56 Å². The van der Waals surface area contributed by atoms with Crippen LogP contribution >= 0.6 is 0 Å². The average Bonchev–Trinajstić information content (AvgIpc) is 2.52. The minimum Gasteiger partial charge on any atom is -0.422 e. The Morgan fingerprint density at radius 2 is 1.77 bits per heavy atom. The minimum absolute atomic E-state index is 0.255. The van der Waals surface area contributed by atoms with Gasteiger partial charge in [-0.2, -0.15) is 0 Å². The number of fused-ring (bicyclic) bond motifs is 1. The van der Waals surface area contributed by atoms with Gasteiger partial charge in [-0.15, -0.1) is 0 Å². The normalized spacial score (nSPS) is 11.0. The van der Waals surface area contributed by atoms with E-state index in [2.05, 4.69) is 23.5 Å². The quantitative estimate of drug-likeness (QED) is 0.746. The lowest BCUT2D eigenvalue weighted by molar-refractivity contribution is 0.539. The van der Waals surface area contributed by atoms with Crippen molar-refractivity contribution in [2.24, 2.45) is 0 Å². The summed E-state index contributed by atoms with van der Waals surface area (Å²) in [5.74, 6) is 0. The standard InChI is InChI=1S/C19H19NO2/c1-13-8-9-18-16(10-13)14(2)17(19(21)22-18)12-20-11-15-6-4-3-5-7-15/h3-10,20H,11-12H2,1-2H3. The second-order valence-electron chi connectivity index (χ2n) is 5.58. The molecular formula is C19H19NO2. The molecule has 0 radical (unpaired) electrons. The Morgan fingerprint density at radius 1 is 1.00 bits per heavy atom. The molecule has 0 saturated carbocycles. The molecule has 0 unspecified atom stereocenters. The van der Waals surface area contributed by atoms with E-state index < -0.39 is 0 Å². The molecule has 0 atom stereocenters. The van der Waals surface area contributed by atoms with Crippen molar-refractivity contribution in [2.75, 3.05) is 0 Å². The van der Waals surface area contributed by atoms with Crippen LogP contribution < -0.4 is 10.9 Å². The van der Waals surface area contributed by atoms with Crippen LogP contribution in [0.3, 0.4) is 0 Å². The Bertz CT molecular complexity index is 850. The van der Waals surface area contributed by atoms with Gasteiger partial charge in [0.15, 0.2) is 0 Å². The minimum atomic E-state index is -0.255. The van der Waals surface area contributed by atoms with Crippen LogP contribution in [0.5, 0.6) is 0 Å². The first-order valence-corrected chi connectivity index (χ1v) is 7.43. The fourth-order valence-corrected chi connectivity index (χ4v) is 2.64. The molecule has 0 bridgehead atoms. The second kappa shape index (κ2) is 6.16. The monoisotopic (exact) mass is 293 g/mol. The zero-order chi connectivity index (χ0) is 15.5. The van der Waals surface area contributed by atoms with Crippen molar-refractivity contribution in [3.63, 3.8) is 0 Å². The molecule has 1 heterocycles. The third-order valence-corrected chi connectivity index (χ3v) is 3.91. The van der Waals surface area contributed by atoms with Crippen LogP contribution in [0, 0.1) is 13.8 Å². The lowest BCUT2D eigenvalue weighted by atomic mass is 10.0. The van der Waals surface area contributed by atoms with E-state index in [1.165, 1.54) is 5.56 Å². The molecule has 2 aromatic carbocycles. The van der Waals surface area contributed by atoms with Gasteiger partial charge in [-0.25, -0.2) is 4.79 Å². The maximum atomic E-state index is 12.2. The molecule has 0 spiro atoms. The second-order valence-corrected chi connectivity index (χ2v) is 5.58. The highest BCUT2D eigenvalue weighted by Gasteiger charge is 2.11. The molecule has 3 rings (SSSR count). The lowest BCUT2D eigenvalue weighted by Crippen LogP contribution is -2.20. The highest BCUT2D eigenvalue weighted by atomic mass is 16.4. The van der Waals surface area contributed by atoms with Crippen molar-refractivity contribution in [3.05, 3.63) is 81.2 Å². The van der Waals surface area contributed by atoms with Crippen LogP contribution in [0.1, 0.15) is 22.3 Å². The fourth-order valence-electron chi connectivity index (χ4n) is 2.64. The smallest absolute Gasteiger partial charge is 0.341 e. The first-order chi connectivity index (χ1) is 10.6. The highest BCUT2D eigenvalue weighted by molar-refractivity contribution is 5.81. The summed E-state index contributed by atoms with van der Waals surface area (Å²) in [4.78, 5) is 12.2. The van der Waals surface area contributed by atoms with Gasteiger partial charge < -0.3 is 9.73 Å². The molecule has 3 aromatic rings. The van der Waals surface area contributed by atoms with Crippen LogP contribution in [-0.2, 0) is 13.1 Å². The molecule has 112 valence electrons. The summed E-state index contributed by atoms with van der Waals surface area (Å²) in [5, 5.41) is 4.33. The number of rotatable bonds is 4. The van der Waals surface area contributed by atoms with Gasteiger partial charge in [0.1, 0.15) is 5.58 Å². The van der Waals surface area contributed by atoms with Gasteiger partial charge in [0.2, 0.25) is 0 Å². The van der Waals surface area contributed by atoms with Crippen molar-refractivity contribution in [3.8, 4) is 0 Å². The van der Waals surface area contributed by atoms with Crippen LogP contribution in [0.25, 0.3) is 11.0 Å². The maximum absolute atomic E-state index is 12.2. The van der Waals surface area contributed by atoms with E-state index in [1.807, 2.05) is 44.2 Å². The van der Waals surface area contributed by atoms with E-state index in [9.17, 15) is 4.79 Å². The van der Waals surface area contributed by atoms with Gasteiger partial charge in [0.25, 0.3) is 0 Å². The van der Waals surface area contributed by atoms with Gasteiger partial charge in [-0.05, 0) is 37.1 Å². The molecule has 0 fully saturated rings. The Kier molecular flexibility index (Phi) is 4.07. The molecule has 0 aliphatic carbocycles. The number of nitrogens with one attached hydrogen (secondary N) is 1. The van der Waals surface area contributed by atoms with E-state index in [4.69, 9.17) is 4.42 Å². The van der Waals surface area contributed by atoms with Crippen LogP contribution in [-0.4, -0.2) is 0 Å². The topological polar surface area (TPSA) is 42.2 Å². The molecule has 0 aliphatic rings. The summed E-state index contributed by atoms with van der Waals surface area (Å²) in [7, 11) is 0. The van der Waals surface area contributed by atoms with E-state index >= 15 is 0 Å². The Hall–Kier alpha value is -2.39. The zero-order valence-electron chi connectivity index (χ0n) is 12.8. The summed E-state index contributed by atoms with van der Waals surface area (Å²) in [6.45, 7) is 5.26. The summed E-state index contributed by atoms with van der Waals surface area (Å²) in [5.41, 5.74) is 4.45. The van der Waals surface area contributed by atoms with Crippen LogP contribution in [0.15, 0.2) is 57.7 Å². The summed E-state index contributed by atoms with van der Waals surface area (Å²) in [6.07, 6.45) is 0. The molecule has 0 aliphatic heterocycles.